The molecule has 0 radical (unpaired) electrons. The Labute approximate surface area is 311 Å². The summed E-state index contributed by atoms with van der Waals surface area (Å²) in [5, 5.41) is 9.28. The highest BCUT2D eigenvalue weighted by Crippen LogP contribution is 2.34. The topological polar surface area (TPSA) is 163 Å². The van der Waals surface area contributed by atoms with Crippen molar-refractivity contribution in [2.24, 2.45) is 5.11 Å². The lowest BCUT2D eigenvalue weighted by molar-refractivity contribution is -0.129. The van der Waals surface area contributed by atoms with Crippen LogP contribution in [-0.4, -0.2) is 91.4 Å². The Morgan fingerprint density at radius 2 is 1.75 bits per heavy atom. The molecule has 0 atom stereocenters. The van der Waals surface area contributed by atoms with Crippen LogP contribution in [0.25, 0.3) is 11.1 Å². The summed E-state index contributed by atoms with van der Waals surface area (Å²) in [5.41, 5.74) is 15.0. The van der Waals surface area contributed by atoms with Gasteiger partial charge in [-0.15, -0.1) is 0 Å². The molecule has 2 amide bonds. The Balaban J connectivity index is 1.32. The van der Waals surface area contributed by atoms with Crippen LogP contribution in [0.3, 0.4) is 0 Å². The van der Waals surface area contributed by atoms with Crippen LogP contribution in [0.2, 0.25) is 0 Å². The second kappa shape index (κ2) is 18.6. The first-order chi connectivity index (χ1) is 25.6. The van der Waals surface area contributed by atoms with E-state index in [1.165, 1.54) is 6.20 Å². The molecule has 4 N–H and O–H groups in total. The van der Waals surface area contributed by atoms with Crippen LogP contribution in [-0.2, 0) is 27.4 Å². The van der Waals surface area contributed by atoms with Gasteiger partial charge in [-0.2, -0.15) is 5.11 Å². The van der Waals surface area contributed by atoms with E-state index in [0.29, 0.717) is 69.5 Å². The number of nitrogens with zero attached hydrogens (tertiary/aromatic N) is 4. The lowest BCUT2D eigenvalue weighted by atomic mass is 9.94. The van der Waals surface area contributed by atoms with Crippen molar-refractivity contribution in [2.45, 2.75) is 66.1 Å². The monoisotopic (exact) mass is 724 g/mol. The Hall–Kier alpha value is -5.14. The number of benzene rings is 2. The number of rotatable bonds is 15. The van der Waals surface area contributed by atoms with Crippen LogP contribution in [0.5, 0.6) is 0 Å². The Bertz CT molecular complexity index is 1860. The van der Waals surface area contributed by atoms with Gasteiger partial charge in [0.15, 0.2) is 5.70 Å². The molecular formula is C40H52N8O5. The van der Waals surface area contributed by atoms with Gasteiger partial charge in [-0.1, -0.05) is 24.3 Å². The molecule has 2 aromatic carbocycles. The van der Waals surface area contributed by atoms with Crippen molar-refractivity contribution in [3.8, 4) is 11.1 Å². The number of piperazine rings is 1. The predicted octanol–water partition coefficient (Wildman–Crippen LogP) is 4.60. The molecule has 0 aliphatic carbocycles. The lowest BCUT2D eigenvalue weighted by Crippen LogP contribution is -2.48. The summed E-state index contributed by atoms with van der Waals surface area (Å²) in [4.78, 5) is 59.3. The molecule has 3 aromatic rings. The minimum atomic E-state index is -0.300. The summed E-state index contributed by atoms with van der Waals surface area (Å²) in [6.45, 7) is 13.7. The fourth-order valence-electron chi connectivity index (χ4n) is 7.17. The van der Waals surface area contributed by atoms with Gasteiger partial charge < -0.3 is 34.9 Å². The van der Waals surface area contributed by atoms with Gasteiger partial charge in [-0.05, 0) is 86.6 Å². The standard InChI is InChI=1S/C40H52N8O5/c1-5-48(33-11-19-53-20-12-33)37-23-32(22-34(29(37)4)38(50)43-24-35-27(2)21-28(3)44-39(35)51)31-9-7-30(8-10-31)26-46-14-16-47(17-15-46)40(52)36(45-41)25-42-13-6-18-49/h7-10,18,21-23,25,33,41-42H,5-6,11-17,19-20,24,26H2,1-4H3,(H,43,50)(H,44,51)/b36-25-,45-41?. The normalized spacial score (nSPS) is 15.5. The number of amides is 2. The number of anilines is 1. The number of hydrogen-bond donors (Lipinski definition) is 4. The third-order valence-electron chi connectivity index (χ3n) is 10.2. The highest BCUT2D eigenvalue weighted by molar-refractivity contribution is 5.99. The van der Waals surface area contributed by atoms with Crippen LogP contribution in [0, 0.1) is 26.3 Å². The van der Waals surface area contributed by atoms with Crippen molar-refractivity contribution >= 4 is 23.8 Å². The molecule has 0 saturated carbocycles. The number of carbonyl (C=O) groups is 3. The van der Waals surface area contributed by atoms with E-state index < -0.39 is 0 Å². The van der Waals surface area contributed by atoms with E-state index in [1.807, 2.05) is 32.9 Å². The van der Waals surface area contributed by atoms with E-state index >= 15 is 0 Å². The molecule has 282 valence electrons. The first-order valence-electron chi connectivity index (χ1n) is 18.5. The zero-order valence-corrected chi connectivity index (χ0v) is 31.3. The molecular weight excluding hydrogens is 672 g/mol. The minimum Gasteiger partial charge on any atom is -0.389 e. The number of ether oxygens (including phenoxy) is 1. The average molecular weight is 725 g/mol. The number of H-pyrrole nitrogens is 1. The number of aldehydes is 1. The highest BCUT2D eigenvalue weighted by Gasteiger charge is 2.26. The first kappa shape index (κ1) is 39.1. The van der Waals surface area contributed by atoms with Crippen molar-refractivity contribution < 1.29 is 19.1 Å². The zero-order valence-electron chi connectivity index (χ0n) is 31.3. The Kier molecular flexibility index (Phi) is 13.7. The molecule has 5 rings (SSSR count). The molecule has 1 aromatic heterocycles. The van der Waals surface area contributed by atoms with Gasteiger partial charge in [0.1, 0.15) is 6.29 Å². The van der Waals surface area contributed by atoms with Crippen LogP contribution in [0.15, 0.2) is 64.3 Å². The average Bonchev–Trinajstić information content (AvgIpc) is 3.16. The van der Waals surface area contributed by atoms with Gasteiger partial charge in [0.2, 0.25) is 0 Å². The summed E-state index contributed by atoms with van der Waals surface area (Å²) >= 11 is 0. The maximum atomic E-state index is 13.9. The van der Waals surface area contributed by atoms with Crippen LogP contribution in [0.4, 0.5) is 5.69 Å². The third-order valence-corrected chi connectivity index (χ3v) is 10.2. The molecule has 2 saturated heterocycles. The van der Waals surface area contributed by atoms with Gasteiger partial charge in [-0.3, -0.25) is 19.3 Å². The van der Waals surface area contributed by atoms with E-state index in [2.05, 4.69) is 67.8 Å². The molecule has 2 aliphatic rings. The molecule has 13 heteroatoms. The van der Waals surface area contributed by atoms with Gasteiger partial charge in [0, 0.05) is 107 Å². The highest BCUT2D eigenvalue weighted by atomic mass is 16.5. The van der Waals surface area contributed by atoms with E-state index in [4.69, 9.17) is 10.3 Å². The van der Waals surface area contributed by atoms with E-state index in [9.17, 15) is 19.2 Å². The molecule has 0 bridgehead atoms. The Morgan fingerprint density at radius 1 is 1.04 bits per heavy atom. The van der Waals surface area contributed by atoms with E-state index in [0.717, 1.165) is 71.4 Å². The zero-order chi connectivity index (χ0) is 37.9. The largest absolute Gasteiger partial charge is 0.389 e. The number of pyridine rings is 1. The maximum Gasteiger partial charge on any atom is 0.275 e. The third kappa shape index (κ3) is 9.85. The second-order valence-electron chi connectivity index (χ2n) is 13.7. The van der Waals surface area contributed by atoms with E-state index in [-0.39, 0.29) is 29.6 Å². The number of aromatic nitrogens is 1. The van der Waals surface area contributed by atoms with Gasteiger partial charge in [0.25, 0.3) is 17.4 Å². The Morgan fingerprint density at radius 3 is 2.40 bits per heavy atom. The van der Waals surface area contributed by atoms with Crippen molar-refractivity contribution in [2.75, 3.05) is 57.4 Å². The molecule has 0 unspecified atom stereocenters. The smallest absolute Gasteiger partial charge is 0.275 e. The SMILES string of the molecule is CCN(c1cc(-c2ccc(CN3CCN(C(=O)/C(=C/NCCC=O)N=N)CC3)cc2)cc(C(=O)NCc2c(C)cc(C)[nH]c2=O)c1C)C1CCOCC1. The molecule has 2 fully saturated rings. The molecule has 3 heterocycles. The van der Waals surface area contributed by atoms with Crippen molar-refractivity contribution in [3.05, 3.63) is 98.2 Å². The summed E-state index contributed by atoms with van der Waals surface area (Å²) in [5.74, 6) is -0.527. The predicted molar refractivity (Wildman–Crippen MR) is 205 cm³/mol. The van der Waals surface area contributed by atoms with E-state index in [1.54, 1.807) is 4.90 Å². The summed E-state index contributed by atoms with van der Waals surface area (Å²) in [6.07, 6.45) is 4.34. The first-order valence-corrected chi connectivity index (χ1v) is 18.5. The minimum absolute atomic E-state index is 0.0197. The lowest BCUT2D eigenvalue weighted by Gasteiger charge is -2.37. The van der Waals surface area contributed by atoms with Crippen molar-refractivity contribution in [1.29, 1.82) is 5.53 Å². The molecule has 53 heavy (non-hydrogen) atoms. The summed E-state index contributed by atoms with van der Waals surface area (Å²) in [7, 11) is 0. The quantitative estimate of drug-likeness (QED) is 0.0766. The van der Waals surface area contributed by atoms with Crippen molar-refractivity contribution in [3.63, 3.8) is 0 Å². The second-order valence-corrected chi connectivity index (χ2v) is 13.7. The number of aromatic amines is 1. The number of aryl methyl sites for hydroxylation is 2. The molecule has 0 spiro atoms. The van der Waals surface area contributed by atoms with Crippen LogP contribution >= 0.6 is 0 Å². The number of carbonyl (C=O) groups excluding carboxylic acids is 3. The van der Waals surface area contributed by atoms with Gasteiger partial charge in [0.05, 0.1) is 0 Å². The number of hydrogen-bond acceptors (Lipinski definition) is 10. The van der Waals surface area contributed by atoms with Crippen molar-refractivity contribution in [1.82, 2.24) is 25.4 Å². The van der Waals surface area contributed by atoms with Gasteiger partial charge >= 0.3 is 0 Å². The maximum absolute atomic E-state index is 13.9. The summed E-state index contributed by atoms with van der Waals surface area (Å²) in [6, 6.07) is 14.8. The fourth-order valence-corrected chi connectivity index (χ4v) is 7.17. The van der Waals surface area contributed by atoms with Crippen LogP contribution in [0.1, 0.15) is 64.5 Å². The molecule has 2 aliphatic heterocycles. The van der Waals surface area contributed by atoms with Crippen LogP contribution < -0.4 is 21.1 Å². The fraction of sp³-hybridized carbons (Fsp3) is 0.450. The molecule has 13 nitrogen and oxygen atoms in total. The van der Waals surface area contributed by atoms with Gasteiger partial charge in [-0.25, -0.2) is 5.53 Å². The summed E-state index contributed by atoms with van der Waals surface area (Å²) < 4.78 is 5.67. The number of nitrogens with one attached hydrogen (secondary N) is 4.